The van der Waals surface area contributed by atoms with Crippen molar-refractivity contribution in [1.29, 1.82) is 0 Å². The Morgan fingerprint density at radius 3 is 2.39 bits per heavy atom. The lowest BCUT2D eigenvalue weighted by Gasteiger charge is -2.30. The van der Waals surface area contributed by atoms with E-state index in [1.54, 1.807) is 0 Å². The van der Waals surface area contributed by atoms with Gasteiger partial charge in [0.2, 0.25) is 0 Å². The van der Waals surface area contributed by atoms with Crippen LogP contribution in [0, 0.1) is 0 Å². The third kappa shape index (κ3) is 2.63. The fourth-order valence-electron chi connectivity index (χ4n) is 3.36. The lowest BCUT2D eigenvalue weighted by Crippen LogP contribution is -2.31. The van der Waals surface area contributed by atoms with Crippen LogP contribution in [0.5, 0.6) is 11.5 Å². The Morgan fingerprint density at radius 2 is 1.70 bits per heavy atom. The van der Waals surface area contributed by atoms with Crippen molar-refractivity contribution in [3.05, 3.63) is 53.1 Å². The van der Waals surface area contributed by atoms with Gasteiger partial charge < -0.3 is 19.7 Å². The van der Waals surface area contributed by atoms with Crippen LogP contribution >= 0.6 is 0 Å². The van der Waals surface area contributed by atoms with Crippen molar-refractivity contribution in [2.75, 3.05) is 38.8 Å². The van der Waals surface area contributed by atoms with Gasteiger partial charge in [-0.3, -0.25) is 0 Å². The van der Waals surface area contributed by atoms with E-state index in [1.807, 2.05) is 0 Å². The molecular formula is C19H22N2O2. The van der Waals surface area contributed by atoms with Crippen molar-refractivity contribution in [1.82, 2.24) is 5.32 Å². The lowest BCUT2D eigenvalue weighted by molar-refractivity contribution is 0.171. The summed E-state index contributed by atoms with van der Waals surface area (Å²) in [6.07, 6.45) is 1.03. The van der Waals surface area contributed by atoms with Crippen LogP contribution in [-0.2, 0) is 6.42 Å². The molecule has 0 aromatic heterocycles. The number of benzene rings is 2. The number of nitrogens with one attached hydrogen (secondary N) is 1. The second-order valence-corrected chi connectivity index (χ2v) is 6.32. The summed E-state index contributed by atoms with van der Waals surface area (Å²) in [5.74, 6) is 1.76. The van der Waals surface area contributed by atoms with Crippen LogP contribution in [0.2, 0.25) is 0 Å². The third-order valence-electron chi connectivity index (χ3n) is 4.60. The van der Waals surface area contributed by atoms with Crippen molar-refractivity contribution in [3.8, 4) is 11.5 Å². The van der Waals surface area contributed by atoms with Crippen LogP contribution in [0.1, 0.15) is 22.7 Å². The first-order valence-electron chi connectivity index (χ1n) is 8.15. The lowest BCUT2D eigenvalue weighted by atomic mass is 9.89. The molecule has 23 heavy (non-hydrogen) atoms. The summed E-state index contributed by atoms with van der Waals surface area (Å²) < 4.78 is 11.5. The zero-order valence-electron chi connectivity index (χ0n) is 13.6. The van der Waals surface area contributed by atoms with Gasteiger partial charge in [-0.2, -0.15) is 0 Å². The number of anilines is 1. The van der Waals surface area contributed by atoms with Crippen LogP contribution in [0.3, 0.4) is 0 Å². The molecule has 2 aromatic carbocycles. The molecule has 0 amide bonds. The summed E-state index contributed by atoms with van der Waals surface area (Å²) in [5.41, 5.74) is 5.16. The van der Waals surface area contributed by atoms with Gasteiger partial charge in [-0.1, -0.05) is 12.1 Å². The molecule has 2 aromatic rings. The predicted octanol–water partition coefficient (Wildman–Crippen LogP) is 2.76. The Kier molecular flexibility index (Phi) is 3.62. The monoisotopic (exact) mass is 310 g/mol. The van der Waals surface area contributed by atoms with E-state index in [0.717, 1.165) is 24.5 Å². The summed E-state index contributed by atoms with van der Waals surface area (Å²) in [6, 6.07) is 13.3. The minimum absolute atomic E-state index is 0.214. The standard InChI is InChI=1S/C19H22N2O2/c1-21(2)15-5-3-13(4-6-15)19-16-12-18-17(22-9-10-23-18)11-14(16)7-8-20-19/h3-6,11-12,19-20H,7-10H2,1-2H3. The minimum Gasteiger partial charge on any atom is -0.486 e. The Morgan fingerprint density at radius 1 is 1.00 bits per heavy atom. The quantitative estimate of drug-likeness (QED) is 0.925. The normalized spacial score (nSPS) is 19.1. The third-order valence-corrected chi connectivity index (χ3v) is 4.60. The molecule has 0 spiro atoms. The Hall–Kier alpha value is -2.20. The first-order chi connectivity index (χ1) is 11.2. The van der Waals surface area contributed by atoms with Gasteiger partial charge in [-0.05, 0) is 47.4 Å². The van der Waals surface area contributed by atoms with Gasteiger partial charge in [0.15, 0.2) is 11.5 Å². The molecule has 2 heterocycles. The highest BCUT2D eigenvalue weighted by molar-refractivity contribution is 5.53. The zero-order chi connectivity index (χ0) is 15.8. The zero-order valence-corrected chi connectivity index (χ0v) is 13.6. The van der Waals surface area contributed by atoms with Crippen molar-refractivity contribution < 1.29 is 9.47 Å². The second-order valence-electron chi connectivity index (χ2n) is 6.32. The minimum atomic E-state index is 0.214. The van der Waals surface area contributed by atoms with Crippen molar-refractivity contribution >= 4 is 5.69 Å². The number of fused-ring (bicyclic) bond motifs is 2. The summed E-state index contributed by atoms with van der Waals surface area (Å²) in [7, 11) is 4.12. The molecule has 0 bridgehead atoms. The van der Waals surface area contributed by atoms with E-state index in [9.17, 15) is 0 Å². The van der Waals surface area contributed by atoms with E-state index < -0.39 is 0 Å². The molecule has 120 valence electrons. The van der Waals surface area contributed by atoms with E-state index in [1.165, 1.54) is 22.4 Å². The smallest absolute Gasteiger partial charge is 0.161 e. The van der Waals surface area contributed by atoms with Crippen LogP contribution in [-0.4, -0.2) is 33.9 Å². The molecular weight excluding hydrogens is 288 g/mol. The van der Waals surface area contributed by atoms with E-state index in [4.69, 9.17) is 9.47 Å². The van der Waals surface area contributed by atoms with Crippen LogP contribution in [0.15, 0.2) is 36.4 Å². The molecule has 4 heteroatoms. The Bertz CT molecular complexity index is 710. The van der Waals surface area contributed by atoms with E-state index in [0.29, 0.717) is 13.2 Å². The number of rotatable bonds is 2. The maximum Gasteiger partial charge on any atom is 0.161 e. The van der Waals surface area contributed by atoms with Gasteiger partial charge >= 0.3 is 0 Å². The highest BCUT2D eigenvalue weighted by Gasteiger charge is 2.25. The van der Waals surface area contributed by atoms with E-state index in [-0.39, 0.29) is 6.04 Å². The number of nitrogens with zero attached hydrogens (tertiary/aromatic N) is 1. The number of hydrogen-bond acceptors (Lipinski definition) is 4. The Balaban J connectivity index is 1.72. The van der Waals surface area contributed by atoms with Gasteiger partial charge in [0.1, 0.15) is 13.2 Å². The topological polar surface area (TPSA) is 33.7 Å². The van der Waals surface area contributed by atoms with E-state index in [2.05, 4.69) is 60.7 Å². The first-order valence-corrected chi connectivity index (χ1v) is 8.15. The fourth-order valence-corrected chi connectivity index (χ4v) is 3.36. The summed E-state index contributed by atoms with van der Waals surface area (Å²) >= 11 is 0. The largest absolute Gasteiger partial charge is 0.486 e. The molecule has 1 atom stereocenters. The summed E-state index contributed by atoms with van der Waals surface area (Å²) in [5, 5.41) is 3.64. The second kappa shape index (κ2) is 5.78. The fraction of sp³-hybridized carbons (Fsp3) is 0.368. The van der Waals surface area contributed by atoms with E-state index >= 15 is 0 Å². The molecule has 0 saturated heterocycles. The average molecular weight is 310 g/mol. The first kappa shape index (κ1) is 14.4. The molecule has 0 saturated carbocycles. The summed E-state index contributed by atoms with van der Waals surface area (Å²) in [6.45, 7) is 2.24. The van der Waals surface area contributed by atoms with Gasteiger partial charge in [-0.15, -0.1) is 0 Å². The molecule has 1 unspecified atom stereocenters. The van der Waals surface area contributed by atoms with Crippen LogP contribution < -0.4 is 19.7 Å². The van der Waals surface area contributed by atoms with Gasteiger partial charge in [-0.25, -0.2) is 0 Å². The van der Waals surface area contributed by atoms with Gasteiger partial charge in [0.05, 0.1) is 6.04 Å². The number of hydrogen-bond donors (Lipinski definition) is 1. The van der Waals surface area contributed by atoms with Gasteiger partial charge in [0.25, 0.3) is 0 Å². The molecule has 2 aliphatic heterocycles. The van der Waals surface area contributed by atoms with Crippen molar-refractivity contribution in [3.63, 3.8) is 0 Å². The molecule has 4 nitrogen and oxygen atoms in total. The predicted molar refractivity (Wildman–Crippen MR) is 91.8 cm³/mol. The highest BCUT2D eigenvalue weighted by Crippen LogP contribution is 2.39. The van der Waals surface area contributed by atoms with Crippen LogP contribution in [0.25, 0.3) is 0 Å². The van der Waals surface area contributed by atoms with Crippen molar-refractivity contribution in [2.45, 2.75) is 12.5 Å². The molecule has 0 aliphatic carbocycles. The molecule has 1 N–H and O–H groups in total. The average Bonchev–Trinajstić information content (AvgIpc) is 2.59. The van der Waals surface area contributed by atoms with Gasteiger partial charge in [0, 0.05) is 26.3 Å². The maximum absolute atomic E-state index is 5.76. The molecule has 2 aliphatic rings. The van der Waals surface area contributed by atoms with Crippen LogP contribution in [0.4, 0.5) is 5.69 Å². The SMILES string of the molecule is CN(C)c1ccc(C2NCCc3cc4c(cc32)OCCO4)cc1. The molecule has 0 fully saturated rings. The summed E-state index contributed by atoms with van der Waals surface area (Å²) in [4.78, 5) is 2.12. The number of ether oxygens (including phenoxy) is 2. The molecule has 4 rings (SSSR count). The van der Waals surface area contributed by atoms with Crippen molar-refractivity contribution in [2.24, 2.45) is 0 Å². The maximum atomic E-state index is 5.76. The molecule has 0 radical (unpaired) electrons. The Labute approximate surface area is 137 Å². The highest BCUT2D eigenvalue weighted by atomic mass is 16.6.